The van der Waals surface area contributed by atoms with E-state index in [0.29, 0.717) is 6.54 Å². The van der Waals surface area contributed by atoms with Gasteiger partial charge < -0.3 is 19.7 Å². The third-order valence-corrected chi connectivity index (χ3v) is 3.97. The third kappa shape index (κ3) is 4.64. The molecule has 2 aromatic rings. The number of pyridine rings is 1. The summed E-state index contributed by atoms with van der Waals surface area (Å²) in [6.07, 6.45) is 3.73. The van der Waals surface area contributed by atoms with Crippen molar-refractivity contribution in [3.8, 4) is 0 Å². The fraction of sp³-hybridized carbons (Fsp3) is 0.412. The van der Waals surface area contributed by atoms with Crippen LogP contribution in [0.1, 0.15) is 11.3 Å². The molecule has 0 aliphatic heterocycles. The molecule has 0 spiro atoms. The molecule has 0 atom stereocenters. The summed E-state index contributed by atoms with van der Waals surface area (Å²) in [5, 5.41) is 4.13. The van der Waals surface area contributed by atoms with Crippen molar-refractivity contribution < 1.29 is 0 Å². The summed E-state index contributed by atoms with van der Waals surface area (Å²) in [6.45, 7) is 1.41. The molecule has 0 unspecified atom stereocenters. The predicted molar refractivity (Wildman–Crippen MR) is 101 cm³/mol. The molecule has 1 N–H and O–H groups in total. The summed E-state index contributed by atoms with van der Waals surface area (Å²) in [6, 6.07) is 6.04. The highest BCUT2D eigenvalue weighted by Crippen LogP contribution is 2.14. The summed E-state index contributed by atoms with van der Waals surface area (Å²) < 4.78 is 2.03. The fourth-order valence-electron chi connectivity index (χ4n) is 2.42. The van der Waals surface area contributed by atoms with Gasteiger partial charge in [-0.2, -0.15) is 0 Å². The lowest BCUT2D eigenvalue weighted by Gasteiger charge is -2.22. The lowest BCUT2D eigenvalue weighted by molar-refractivity contribution is 0.461. The van der Waals surface area contributed by atoms with Gasteiger partial charge in [-0.15, -0.1) is 0 Å². The van der Waals surface area contributed by atoms with Crippen LogP contribution in [0.25, 0.3) is 0 Å². The number of nitrogens with one attached hydrogen (secondary N) is 1. The third-order valence-electron chi connectivity index (χ3n) is 3.77. The Morgan fingerprint density at radius 2 is 2.08 bits per heavy atom. The normalized spacial score (nSPS) is 11.5. The Balaban J connectivity index is 1.99. The molecule has 6 nitrogen and oxygen atoms in total. The second-order valence-corrected chi connectivity index (χ2v) is 6.37. The maximum Gasteiger partial charge on any atom is 0.194 e. The van der Waals surface area contributed by atoms with E-state index in [2.05, 4.69) is 26.3 Å². The van der Waals surface area contributed by atoms with Gasteiger partial charge in [-0.3, -0.25) is 4.99 Å². The van der Waals surface area contributed by atoms with Crippen LogP contribution in [-0.2, 0) is 20.1 Å². The van der Waals surface area contributed by atoms with E-state index in [4.69, 9.17) is 11.6 Å². The molecule has 0 aliphatic rings. The van der Waals surface area contributed by atoms with E-state index >= 15 is 0 Å². The van der Waals surface area contributed by atoms with Crippen LogP contribution in [-0.4, -0.2) is 48.6 Å². The van der Waals surface area contributed by atoms with Crippen molar-refractivity contribution in [3.63, 3.8) is 0 Å². The monoisotopic (exact) mass is 348 g/mol. The molecule has 0 fully saturated rings. The quantitative estimate of drug-likeness (QED) is 0.665. The molecule has 2 aromatic heterocycles. The number of rotatable bonds is 5. The molecule has 130 valence electrons. The lowest BCUT2D eigenvalue weighted by Crippen LogP contribution is -2.38. The minimum atomic E-state index is 0.689. The van der Waals surface area contributed by atoms with E-state index in [0.717, 1.165) is 34.6 Å². The van der Waals surface area contributed by atoms with E-state index in [9.17, 15) is 0 Å². The molecular weight excluding hydrogens is 324 g/mol. The SMILES string of the molecule is CN=C(NCc1ccnc(N(C)C)c1)N(C)Cc1cc(Cl)cn1C. The number of guanidine groups is 1. The highest BCUT2D eigenvalue weighted by molar-refractivity contribution is 6.30. The molecule has 2 heterocycles. The van der Waals surface area contributed by atoms with E-state index in [1.165, 1.54) is 0 Å². The number of anilines is 1. The first-order chi connectivity index (χ1) is 11.4. The Bertz CT molecular complexity index is 707. The zero-order valence-corrected chi connectivity index (χ0v) is 15.7. The molecule has 2 rings (SSSR count). The summed E-state index contributed by atoms with van der Waals surface area (Å²) in [4.78, 5) is 12.7. The first-order valence-electron chi connectivity index (χ1n) is 7.75. The van der Waals surface area contributed by atoms with Crippen molar-refractivity contribution >= 4 is 23.4 Å². The minimum Gasteiger partial charge on any atom is -0.363 e. The van der Waals surface area contributed by atoms with Gasteiger partial charge in [0.15, 0.2) is 5.96 Å². The van der Waals surface area contributed by atoms with Gasteiger partial charge >= 0.3 is 0 Å². The van der Waals surface area contributed by atoms with E-state index < -0.39 is 0 Å². The van der Waals surface area contributed by atoms with E-state index in [1.54, 1.807) is 7.05 Å². The second kappa shape index (κ2) is 8.06. The highest BCUT2D eigenvalue weighted by Gasteiger charge is 2.10. The van der Waals surface area contributed by atoms with Crippen molar-refractivity contribution in [3.05, 3.63) is 46.9 Å². The molecule has 0 aromatic carbocycles. The maximum atomic E-state index is 6.05. The summed E-state index contributed by atoms with van der Waals surface area (Å²) in [7, 11) is 9.75. The van der Waals surface area contributed by atoms with Crippen molar-refractivity contribution in [1.29, 1.82) is 0 Å². The van der Waals surface area contributed by atoms with Gasteiger partial charge in [-0.25, -0.2) is 4.98 Å². The molecular formula is C17H25ClN6. The number of hydrogen-bond acceptors (Lipinski definition) is 3. The van der Waals surface area contributed by atoms with Crippen LogP contribution in [0.15, 0.2) is 35.6 Å². The molecule has 7 heteroatoms. The van der Waals surface area contributed by atoms with Crippen molar-refractivity contribution in [2.45, 2.75) is 13.1 Å². The molecule has 0 saturated carbocycles. The maximum absolute atomic E-state index is 6.05. The van der Waals surface area contributed by atoms with Crippen molar-refractivity contribution in [1.82, 2.24) is 19.8 Å². The lowest BCUT2D eigenvalue weighted by atomic mass is 10.2. The number of halogens is 1. The summed E-state index contributed by atoms with van der Waals surface area (Å²) in [5.74, 6) is 1.77. The zero-order chi connectivity index (χ0) is 17.7. The molecule has 0 saturated heterocycles. The van der Waals surface area contributed by atoms with Gasteiger partial charge in [-0.05, 0) is 23.8 Å². The Morgan fingerprint density at radius 3 is 2.67 bits per heavy atom. The number of nitrogens with zero attached hydrogens (tertiary/aromatic N) is 5. The Labute approximate surface area is 148 Å². The number of aromatic nitrogens is 2. The van der Waals surface area contributed by atoms with E-state index in [1.807, 2.05) is 62.2 Å². The Morgan fingerprint density at radius 1 is 1.33 bits per heavy atom. The van der Waals surface area contributed by atoms with Crippen LogP contribution in [0.2, 0.25) is 5.02 Å². The second-order valence-electron chi connectivity index (χ2n) is 5.93. The van der Waals surface area contributed by atoms with Crippen LogP contribution < -0.4 is 10.2 Å². The largest absolute Gasteiger partial charge is 0.363 e. The number of hydrogen-bond donors (Lipinski definition) is 1. The summed E-state index contributed by atoms with van der Waals surface area (Å²) in [5.41, 5.74) is 2.29. The summed E-state index contributed by atoms with van der Waals surface area (Å²) >= 11 is 6.05. The molecule has 0 aliphatic carbocycles. The zero-order valence-electron chi connectivity index (χ0n) is 14.9. The van der Waals surface area contributed by atoms with Crippen LogP contribution in [0.4, 0.5) is 5.82 Å². The van der Waals surface area contributed by atoms with Crippen molar-refractivity contribution in [2.24, 2.45) is 12.0 Å². The van der Waals surface area contributed by atoms with Gasteiger partial charge in [0.05, 0.1) is 11.6 Å². The van der Waals surface area contributed by atoms with Crippen LogP contribution in [0.5, 0.6) is 0 Å². The van der Waals surface area contributed by atoms with Gasteiger partial charge in [0.25, 0.3) is 0 Å². The minimum absolute atomic E-state index is 0.689. The first kappa shape index (κ1) is 18.1. The Hall–Kier alpha value is -2.21. The Kier molecular flexibility index (Phi) is 6.09. The number of aryl methyl sites for hydroxylation is 1. The van der Waals surface area contributed by atoms with Gasteiger partial charge in [0, 0.05) is 59.9 Å². The smallest absolute Gasteiger partial charge is 0.194 e. The fourth-order valence-corrected chi connectivity index (χ4v) is 2.69. The molecule has 24 heavy (non-hydrogen) atoms. The van der Waals surface area contributed by atoms with Crippen LogP contribution >= 0.6 is 11.6 Å². The molecule has 0 amide bonds. The van der Waals surface area contributed by atoms with Gasteiger partial charge in [-0.1, -0.05) is 11.6 Å². The average molecular weight is 349 g/mol. The standard InChI is InChI=1S/C17H25ClN6/c1-19-17(24(5)12-15-9-14(18)11-23(15)4)21-10-13-6-7-20-16(8-13)22(2)3/h6-9,11H,10,12H2,1-5H3,(H,19,21). The molecule has 0 bridgehead atoms. The van der Waals surface area contributed by atoms with E-state index in [-0.39, 0.29) is 0 Å². The molecule has 0 radical (unpaired) electrons. The van der Waals surface area contributed by atoms with Crippen LogP contribution in [0.3, 0.4) is 0 Å². The number of aliphatic imine (C=N–C) groups is 1. The van der Waals surface area contributed by atoms with Gasteiger partial charge in [0.1, 0.15) is 5.82 Å². The topological polar surface area (TPSA) is 48.7 Å². The average Bonchev–Trinajstić information content (AvgIpc) is 2.85. The highest BCUT2D eigenvalue weighted by atomic mass is 35.5. The first-order valence-corrected chi connectivity index (χ1v) is 8.13. The van der Waals surface area contributed by atoms with Crippen LogP contribution in [0, 0.1) is 0 Å². The predicted octanol–water partition coefficient (Wildman–Crippen LogP) is 2.35. The van der Waals surface area contributed by atoms with Crippen molar-refractivity contribution in [2.75, 3.05) is 33.1 Å². The van der Waals surface area contributed by atoms with Gasteiger partial charge in [0.2, 0.25) is 0 Å².